The summed E-state index contributed by atoms with van der Waals surface area (Å²) < 4.78 is 14.4. The standard InChI is InChI=1S/C16H17FN6O/c17-13-1-3-14(4-2-13)21-5-7-22(8-6-21)15(24)11-23-10-12(9-18)16(19)20-23/h1-4,10H,5-8,11H2,(H2,19,20). The van der Waals surface area contributed by atoms with Crippen LogP contribution in [-0.4, -0.2) is 46.8 Å². The molecule has 24 heavy (non-hydrogen) atoms. The van der Waals surface area contributed by atoms with Crippen molar-refractivity contribution in [2.45, 2.75) is 6.54 Å². The molecule has 7 nitrogen and oxygen atoms in total. The van der Waals surface area contributed by atoms with Crippen LogP contribution in [0.5, 0.6) is 0 Å². The first-order chi connectivity index (χ1) is 11.6. The third kappa shape index (κ3) is 3.30. The molecule has 124 valence electrons. The van der Waals surface area contributed by atoms with E-state index >= 15 is 0 Å². The maximum absolute atomic E-state index is 13.0. The molecule has 2 N–H and O–H groups in total. The summed E-state index contributed by atoms with van der Waals surface area (Å²) in [6.07, 6.45) is 1.47. The molecule has 1 amide bonds. The van der Waals surface area contributed by atoms with Gasteiger partial charge in [-0.05, 0) is 24.3 Å². The zero-order valence-corrected chi connectivity index (χ0v) is 13.0. The Labute approximate surface area is 138 Å². The molecule has 0 atom stereocenters. The fourth-order valence-corrected chi connectivity index (χ4v) is 2.71. The van der Waals surface area contributed by atoms with Crippen molar-refractivity contribution in [2.24, 2.45) is 0 Å². The van der Waals surface area contributed by atoms with E-state index in [0.717, 1.165) is 5.69 Å². The molecule has 0 unspecified atom stereocenters. The highest BCUT2D eigenvalue weighted by Gasteiger charge is 2.22. The smallest absolute Gasteiger partial charge is 0.244 e. The number of anilines is 2. The highest BCUT2D eigenvalue weighted by atomic mass is 19.1. The lowest BCUT2D eigenvalue weighted by Crippen LogP contribution is -2.49. The van der Waals surface area contributed by atoms with E-state index in [4.69, 9.17) is 11.0 Å². The van der Waals surface area contributed by atoms with E-state index in [0.29, 0.717) is 26.2 Å². The number of nitrogens with zero attached hydrogens (tertiary/aromatic N) is 5. The number of nitrogen functional groups attached to an aromatic ring is 1. The van der Waals surface area contributed by atoms with Crippen molar-refractivity contribution in [3.63, 3.8) is 0 Å². The molecular formula is C16H17FN6O. The van der Waals surface area contributed by atoms with Gasteiger partial charge in [-0.25, -0.2) is 4.39 Å². The minimum Gasteiger partial charge on any atom is -0.381 e. The van der Waals surface area contributed by atoms with Crippen LogP contribution in [0.4, 0.5) is 15.9 Å². The van der Waals surface area contributed by atoms with Gasteiger partial charge in [-0.15, -0.1) is 0 Å². The molecule has 0 aliphatic carbocycles. The van der Waals surface area contributed by atoms with Crippen LogP contribution in [0.15, 0.2) is 30.5 Å². The summed E-state index contributed by atoms with van der Waals surface area (Å²) >= 11 is 0. The maximum Gasteiger partial charge on any atom is 0.244 e. The van der Waals surface area contributed by atoms with Crippen LogP contribution in [0.1, 0.15) is 5.56 Å². The van der Waals surface area contributed by atoms with Crippen molar-refractivity contribution in [2.75, 3.05) is 36.8 Å². The largest absolute Gasteiger partial charge is 0.381 e. The van der Waals surface area contributed by atoms with E-state index in [1.54, 1.807) is 17.0 Å². The Morgan fingerprint density at radius 3 is 2.50 bits per heavy atom. The Balaban J connectivity index is 1.56. The van der Waals surface area contributed by atoms with Gasteiger partial charge in [0, 0.05) is 38.1 Å². The van der Waals surface area contributed by atoms with Crippen molar-refractivity contribution in [1.29, 1.82) is 5.26 Å². The van der Waals surface area contributed by atoms with Crippen LogP contribution in [-0.2, 0) is 11.3 Å². The molecular weight excluding hydrogens is 311 g/mol. The third-order valence-electron chi connectivity index (χ3n) is 4.03. The van der Waals surface area contributed by atoms with E-state index in [1.165, 1.54) is 23.0 Å². The Kier molecular flexibility index (Phi) is 4.33. The fourth-order valence-electron chi connectivity index (χ4n) is 2.71. The average molecular weight is 328 g/mol. The van der Waals surface area contributed by atoms with Gasteiger partial charge in [-0.1, -0.05) is 0 Å². The second-order valence-corrected chi connectivity index (χ2v) is 5.58. The number of benzene rings is 1. The van der Waals surface area contributed by atoms with Gasteiger partial charge in [0.15, 0.2) is 5.82 Å². The van der Waals surface area contributed by atoms with Gasteiger partial charge < -0.3 is 15.5 Å². The Morgan fingerprint density at radius 2 is 1.92 bits per heavy atom. The zero-order valence-electron chi connectivity index (χ0n) is 13.0. The SMILES string of the molecule is N#Cc1cn(CC(=O)N2CCN(c3ccc(F)cc3)CC2)nc1N. The number of aromatic nitrogens is 2. The molecule has 2 aromatic rings. The molecule has 1 fully saturated rings. The van der Waals surface area contributed by atoms with E-state index in [-0.39, 0.29) is 29.7 Å². The second-order valence-electron chi connectivity index (χ2n) is 5.58. The van der Waals surface area contributed by atoms with Gasteiger partial charge in [0.2, 0.25) is 5.91 Å². The van der Waals surface area contributed by atoms with Gasteiger partial charge in [-0.2, -0.15) is 10.4 Å². The number of rotatable bonds is 3. The number of carbonyl (C=O) groups is 1. The van der Waals surface area contributed by atoms with Crippen LogP contribution in [0.2, 0.25) is 0 Å². The van der Waals surface area contributed by atoms with E-state index in [2.05, 4.69) is 10.00 Å². The van der Waals surface area contributed by atoms with Crippen LogP contribution in [0.25, 0.3) is 0 Å². The number of halogens is 1. The van der Waals surface area contributed by atoms with Crippen LogP contribution in [0.3, 0.4) is 0 Å². The van der Waals surface area contributed by atoms with E-state index in [9.17, 15) is 9.18 Å². The molecule has 3 rings (SSSR count). The monoisotopic (exact) mass is 328 g/mol. The first kappa shape index (κ1) is 15.8. The molecule has 0 spiro atoms. The van der Waals surface area contributed by atoms with Crippen molar-refractivity contribution >= 4 is 17.4 Å². The van der Waals surface area contributed by atoms with Crippen molar-refractivity contribution in [3.8, 4) is 6.07 Å². The molecule has 0 bridgehead atoms. The Morgan fingerprint density at radius 1 is 1.25 bits per heavy atom. The van der Waals surface area contributed by atoms with Crippen molar-refractivity contribution < 1.29 is 9.18 Å². The van der Waals surface area contributed by atoms with Crippen LogP contribution < -0.4 is 10.6 Å². The first-order valence-corrected chi connectivity index (χ1v) is 7.58. The summed E-state index contributed by atoms with van der Waals surface area (Å²) in [5, 5.41) is 12.8. The number of hydrogen-bond acceptors (Lipinski definition) is 5. The topological polar surface area (TPSA) is 91.2 Å². The first-order valence-electron chi connectivity index (χ1n) is 7.58. The van der Waals surface area contributed by atoms with Crippen LogP contribution in [0, 0.1) is 17.1 Å². The molecule has 1 aliphatic heterocycles. The predicted molar refractivity (Wildman–Crippen MR) is 86.5 cm³/mol. The molecule has 1 aromatic carbocycles. The predicted octanol–water partition coefficient (Wildman–Crippen LogP) is 0.825. The molecule has 8 heteroatoms. The lowest BCUT2D eigenvalue weighted by Gasteiger charge is -2.36. The van der Waals surface area contributed by atoms with E-state index in [1.807, 2.05) is 6.07 Å². The second kappa shape index (κ2) is 6.58. The number of hydrogen-bond donors (Lipinski definition) is 1. The van der Waals surface area contributed by atoms with Crippen molar-refractivity contribution in [1.82, 2.24) is 14.7 Å². The Bertz CT molecular complexity index is 771. The molecule has 1 aromatic heterocycles. The molecule has 0 saturated carbocycles. The molecule has 1 aliphatic rings. The molecule has 0 radical (unpaired) electrons. The Hall–Kier alpha value is -3.08. The summed E-state index contributed by atoms with van der Waals surface area (Å²) in [5.41, 5.74) is 6.80. The van der Waals surface area contributed by atoms with Gasteiger partial charge in [0.05, 0.1) is 0 Å². The third-order valence-corrected chi connectivity index (χ3v) is 4.03. The van der Waals surface area contributed by atoms with E-state index < -0.39 is 0 Å². The van der Waals surface area contributed by atoms with Crippen molar-refractivity contribution in [3.05, 3.63) is 41.8 Å². The van der Waals surface area contributed by atoms with Gasteiger partial charge in [0.25, 0.3) is 0 Å². The normalized spacial score (nSPS) is 14.5. The summed E-state index contributed by atoms with van der Waals surface area (Å²) in [7, 11) is 0. The number of nitriles is 1. The molecule has 1 saturated heterocycles. The average Bonchev–Trinajstić information content (AvgIpc) is 2.95. The fraction of sp³-hybridized carbons (Fsp3) is 0.312. The quantitative estimate of drug-likeness (QED) is 0.901. The zero-order chi connectivity index (χ0) is 17.1. The van der Waals surface area contributed by atoms with Gasteiger partial charge >= 0.3 is 0 Å². The summed E-state index contributed by atoms with van der Waals surface area (Å²) in [5.74, 6) is -0.199. The highest BCUT2D eigenvalue weighted by Crippen LogP contribution is 2.17. The summed E-state index contributed by atoms with van der Waals surface area (Å²) in [6, 6.07) is 8.27. The number of amides is 1. The minimum atomic E-state index is -0.261. The summed E-state index contributed by atoms with van der Waals surface area (Å²) in [6.45, 7) is 2.59. The molecule has 2 heterocycles. The maximum atomic E-state index is 13.0. The number of nitrogens with two attached hydrogens (primary N) is 1. The lowest BCUT2D eigenvalue weighted by molar-refractivity contribution is -0.132. The van der Waals surface area contributed by atoms with Gasteiger partial charge in [-0.3, -0.25) is 9.48 Å². The van der Waals surface area contributed by atoms with Crippen LogP contribution >= 0.6 is 0 Å². The minimum absolute atomic E-state index is 0.0580. The highest BCUT2D eigenvalue weighted by molar-refractivity contribution is 5.76. The summed E-state index contributed by atoms with van der Waals surface area (Å²) in [4.78, 5) is 16.2. The number of piperazine rings is 1. The lowest BCUT2D eigenvalue weighted by atomic mass is 10.2. The van der Waals surface area contributed by atoms with Gasteiger partial charge in [0.1, 0.15) is 24.0 Å². The number of carbonyl (C=O) groups excluding carboxylic acids is 1.